The van der Waals surface area contributed by atoms with Gasteiger partial charge in [0.25, 0.3) is 0 Å². The standard InChI is InChI=1S/C13H14N4O3/c14-10(5-12(18)19)13(20)17-9-3-1-8(2-4-9)11-6-15-7-16-11/h1-4,6-7,10H,5,14H2,(H,15,16)(H,17,20)(H,18,19). The van der Waals surface area contributed by atoms with E-state index in [4.69, 9.17) is 10.8 Å². The van der Waals surface area contributed by atoms with Gasteiger partial charge < -0.3 is 21.1 Å². The SMILES string of the molecule is NC(CC(=O)O)C(=O)Nc1ccc(-c2cnc[nH]2)cc1. The Hall–Kier alpha value is -2.67. The molecule has 5 N–H and O–H groups in total. The average Bonchev–Trinajstić information content (AvgIpc) is 2.92. The van der Waals surface area contributed by atoms with Crippen LogP contribution in [0.4, 0.5) is 5.69 Å². The molecule has 7 nitrogen and oxygen atoms in total. The van der Waals surface area contributed by atoms with E-state index in [1.54, 1.807) is 24.7 Å². The number of benzene rings is 1. The van der Waals surface area contributed by atoms with E-state index in [1.807, 2.05) is 12.1 Å². The number of imidazole rings is 1. The number of amides is 1. The molecule has 1 unspecified atom stereocenters. The number of carbonyl (C=O) groups is 2. The number of anilines is 1. The minimum Gasteiger partial charge on any atom is -0.481 e. The van der Waals surface area contributed by atoms with Gasteiger partial charge in [-0.05, 0) is 17.7 Å². The molecule has 1 atom stereocenters. The number of nitrogens with one attached hydrogen (secondary N) is 2. The highest BCUT2D eigenvalue weighted by Gasteiger charge is 2.16. The monoisotopic (exact) mass is 274 g/mol. The first-order valence-electron chi connectivity index (χ1n) is 5.93. The highest BCUT2D eigenvalue weighted by molar-refractivity contribution is 5.96. The fourth-order valence-electron chi connectivity index (χ4n) is 1.66. The summed E-state index contributed by atoms with van der Waals surface area (Å²) in [5.74, 6) is -1.64. The summed E-state index contributed by atoms with van der Waals surface area (Å²) in [5, 5.41) is 11.1. The second-order valence-electron chi connectivity index (χ2n) is 4.24. The summed E-state index contributed by atoms with van der Waals surface area (Å²) in [6.07, 6.45) is 2.87. The number of hydrogen-bond acceptors (Lipinski definition) is 4. The van der Waals surface area contributed by atoms with Gasteiger partial charge in [0, 0.05) is 5.69 Å². The summed E-state index contributed by atoms with van der Waals surface area (Å²) in [7, 11) is 0. The topological polar surface area (TPSA) is 121 Å². The first kappa shape index (κ1) is 13.8. The van der Waals surface area contributed by atoms with Gasteiger partial charge in [0.15, 0.2) is 0 Å². The number of rotatable bonds is 5. The molecule has 0 aliphatic rings. The van der Waals surface area contributed by atoms with Crippen molar-refractivity contribution in [1.29, 1.82) is 0 Å². The third kappa shape index (κ3) is 3.42. The van der Waals surface area contributed by atoms with Crippen LogP contribution in [0.3, 0.4) is 0 Å². The van der Waals surface area contributed by atoms with Gasteiger partial charge in [-0.15, -0.1) is 0 Å². The van der Waals surface area contributed by atoms with Crippen LogP contribution >= 0.6 is 0 Å². The van der Waals surface area contributed by atoms with Gasteiger partial charge in [0.2, 0.25) is 5.91 Å². The average molecular weight is 274 g/mol. The van der Waals surface area contributed by atoms with Gasteiger partial charge in [-0.2, -0.15) is 0 Å². The minimum atomic E-state index is -1.11. The van der Waals surface area contributed by atoms with Crippen LogP contribution in [0.1, 0.15) is 6.42 Å². The predicted molar refractivity (Wildman–Crippen MR) is 72.9 cm³/mol. The van der Waals surface area contributed by atoms with Crippen LogP contribution in [-0.4, -0.2) is 33.0 Å². The third-order valence-electron chi connectivity index (χ3n) is 2.69. The molecule has 20 heavy (non-hydrogen) atoms. The zero-order chi connectivity index (χ0) is 14.5. The van der Waals surface area contributed by atoms with E-state index in [0.29, 0.717) is 5.69 Å². The summed E-state index contributed by atoms with van der Waals surface area (Å²) >= 11 is 0. The Morgan fingerprint density at radius 1 is 1.35 bits per heavy atom. The van der Waals surface area contributed by atoms with Crippen molar-refractivity contribution < 1.29 is 14.7 Å². The molecule has 0 fully saturated rings. The molecule has 7 heteroatoms. The van der Waals surface area contributed by atoms with Crippen LogP contribution < -0.4 is 11.1 Å². The molecular formula is C13H14N4O3. The van der Waals surface area contributed by atoms with Crippen molar-refractivity contribution in [3.05, 3.63) is 36.8 Å². The molecule has 1 aromatic heterocycles. The number of H-pyrrole nitrogens is 1. The lowest BCUT2D eigenvalue weighted by molar-refractivity contribution is -0.138. The molecule has 2 aromatic rings. The van der Waals surface area contributed by atoms with E-state index in [9.17, 15) is 9.59 Å². The number of aromatic amines is 1. The maximum absolute atomic E-state index is 11.6. The molecule has 2 rings (SSSR count). The number of hydrogen-bond donors (Lipinski definition) is 4. The van der Waals surface area contributed by atoms with E-state index < -0.39 is 24.3 Å². The lowest BCUT2D eigenvalue weighted by Crippen LogP contribution is -2.37. The Labute approximate surface area is 114 Å². The highest BCUT2D eigenvalue weighted by Crippen LogP contribution is 2.18. The molecule has 0 spiro atoms. The van der Waals surface area contributed by atoms with Crippen LogP contribution in [0.2, 0.25) is 0 Å². The van der Waals surface area contributed by atoms with Gasteiger partial charge >= 0.3 is 5.97 Å². The smallest absolute Gasteiger partial charge is 0.305 e. The fourth-order valence-corrected chi connectivity index (χ4v) is 1.66. The van der Waals surface area contributed by atoms with Crippen LogP contribution in [0.25, 0.3) is 11.3 Å². The van der Waals surface area contributed by atoms with Gasteiger partial charge in [-0.25, -0.2) is 4.98 Å². The zero-order valence-electron chi connectivity index (χ0n) is 10.5. The number of aromatic nitrogens is 2. The maximum Gasteiger partial charge on any atom is 0.305 e. The molecule has 0 aliphatic carbocycles. The van der Waals surface area contributed by atoms with Crippen molar-refractivity contribution in [2.45, 2.75) is 12.5 Å². The summed E-state index contributed by atoms with van der Waals surface area (Å²) in [5.41, 5.74) is 7.81. The lowest BCUT2D eigenvalue weighted by Gasteiger charge is -2.10. The lowest BCUT2D eigenvalue weighted by atomic mass is 10.1. The first-order chi connectivity index (χ1) is 9.56. The van der Waals surface area contributed by atoms with Crippen molar-refractivity contribution in [3.63, 3.8) is 0 Å². The molecule has 104 valence electrons. The first-order valence-corrected chi connectivity index (χ1v) is 5.93. The summed E-state index contributed by atoms with van der Waals surface area (Å²) in [4.78, 5) is 29.0. The quantitative estimate of drug-likeness (QED) is 0.643. The van der Waals surface area contributed by atoms with Crippen molar-refractivity contribution in [1.82, 2.24) is 9.97 Å². The maximum atomic E-state index is 11.6. The zero-order valence-corrected chi connectivity index (χ0v) is 10.5. The molecule has 0 bridgehead atoms. The fraction of sp³-hybridized carbons (Fsp3) is 0.154. The van der Waals surface area contributed by atoms with E-state index >= 15 is 0 Å². The van der Waals surface area contributed by atoms with Gasteiger partial charge in [0.1, 0.15) is 0 Å². The Morgan fingerprint density at radius 3 is 2.60 bits per heavy atom. The van der Waals surface area contributed by atoms with Crippen LogP contribution in [0, 0.1) is 0 Å². The third-order valence-corrected chi connectivity index (χ3v) is 2.69. The van der Waals surface area contributed by atoms with Crippen molar-refractivity contribution in [3.8, 4) is 11.3 Å². The Morgan fingerprint density at radius 2 is 2.05 bits per heavy atom. The van der Waals surface area contributed by atoms with Crippen LogP contribution in [-0.2, 0) is 9.59 Å². The predicted octanol–water partition coefficient (Wildman–Crippen LogP) is 0.817. The van der Waals surface area contributed by atoms with E-state index in [1.165, 1.54) is 0 Å². The highest BCUT2D eigenvalue weighted by atomic mass is 16.4. The summed E-state index contributed by atoms with van der Waals surface area (Å²) < 4.78 is 0. The molecule has 0 saturated heterocycles. The van der Waals surface area contributed by atoms with E-state index in [-0.39, 0.29) is 0 Å². The van der Waals surface area contributed by atoms with Crippen molar-refractivity contribution in [2.75, 3.05) is 5.32 Å². The number of carboxylic acid groups (broad SMARTS) is 1. The molecule has 1 heterocycles. The number of nitrogens with two attached hydrogens (primary N) is 1. The van der Waals surface area contributed by atoms with E-state index in [0.717, 1.165) is 11.3 Å². The normalized spacial score (nSPS) is 11.8. The van der Waals surface area contributed by atoms with Crippen molar-refractivity contribution in [2.24, 2.45) is 5.73 Å². The Kier molecular flexibility index (Phi) is 4.11. The largest absolute Gasteiger partial charge is 0.481 e. The van der Waals surface area contributed by atoms with Gasteiger partial charge in [0.05, 0.1) is 30.7 Å². The molecule has 0 radical (unpaired) electrons. The summed E-state index contributed by atoms with van der Waals surface area (Å²) in [6, 6.07) is 5.97. The second-order valence-corrected chi connectivity index (χ2v) is 4.24. The molecular weight excluding hydrogens is 260 g/mol. The van der Waals surface area contributed by atoms with Crippen molar-refractivity contribution >= 4 is 17.6 Å². The van der Waals surface area contributed by atoms with Crippen LogP contribution in [0.15, 0.2) is 36.8 Å². The number of aliphatic carboxylic acids is 1. The number of nitrogens with zero attached hydrogens (tertiary/aromatic N) is 1. The van der Waals surface area contributed by atoms with Gasteiger partial charge in [-0.1, -0.05) is 12.1 Å². The minimum absolute atomic E-state index is 0.405. The Balaban J connectivity index is 2.00. The molecule has 0 aliphatic heterocycles. The van der Waals surface area contributed by atoms with E-state index in [2.05, 4.69) is 15.3 Å². The molecule has 1 aromatic carbocycles. The Bertz CT molecular complexity index is 593. The van der Waals surface area contributed by atoms with Gasteiger partial charge in [-0.3, -0.25) is 9.59 Å². The van der Waals surface area contributed by atoms with Crippen LogP contribution in [0.5, 0.6) is 0 Å². The summed E-state index contributed by atoms with van der Waals surface area (Å²) in [6.45, 7) is 0. The molecule has 1 amide bonds. The number of carboxylic acids is 1. The number of carbonyl (C=O) groups excluding carboxylic acids is 1. The molecule has 0 saturated carbocycles. The second kappa shape index (κ2) is 5.98.